The Balaban J connectivity index is 1.97. The van der Waals surface area contributed by atoms with E-state index in [4.69, 9.17) is 14.6 Å². The van der Waals surface area contributed by atoms with E-state index in [1.807, 2.05) is 0 Å². The third-order valence-electron chi connectivity index (χ3n) is 5.49. The van der Waals surface area contributed by atoms with E-state index in [1.54, 1.807) is 26.8 Å². The Hall–Kier alpha value is -3.70. The SMILES string of the molecule is CN(Cc1cc(-c2ccccc2F)n(S(=O)(=O)c2cccc(OCC(=O)CCCO)c2)c1)C(=O)OC(C)(C)C. The lowest BCUT2D eigenvalue weighted by Crippen LogP contribution is -2.33. The van der Waals surface area contributed by atoms with Crippen LogP contribution in [0.1, 0.15) is 39.2 Å². The third kappa shape index (κ3) is 7.90. The van der Waals surface area contributed by atoms with Crippen LogP contribution in [-0.4, -0.2) is 60.1 Å². The van der Waals surface area contributed by atoms with Gasteiger partial charge < -0.3 is 19.5 Å². The molecule has 0 radical (unpaired) electrons. The van der Waals surface area contributed by atoms with Gasteiger partial charge in [0, 0.05) is 37.9 Å². The first kappa shape index (κ1) is 29.9. The molecule has 0 atom stereocenters. The molecule has 0 aliphatic rings. The highest BCUT2D eigenvalue weighted by Crippen LogP contribution is 2.30. The minimum atomic E-state index is -4.26. The number of aliphatic hydroxyl groups excluding tert-OH is 1. The van der Waals surface area contributed by atoms with Gasteiger partial charge in [-0.1, -0.05) is 18.2 Å². The van der Waals surface area contributed by atoms with E-state index in [1.165, 1.54) is 66.7 Å². The van der Waals surface area contributed by atoms with E-state index < -0.39 is 27.5 Å². The summed E-state index contributed by atoms with van der Waals surface area (Å²) in [6.07, 6.45) is 1.20. The molecule has 0 saturated heterocycles. The lowest BCUT2D eigenvalue weighted by molar-refractivity contribution is -0.121. The van der Waals surface area contributed by atoms with Crippen molar-refractivity contribution in [3.8, 4) is 17.0 Å². The Labute approximate surface area is 227 Å². The lowest BCUT2D eigenvalue weighted by Gasteiger charge is -2.24. The van der Waals surface area contributed by atoms with Crippen LogP contribution in [0.25, 0.3) is 11.3 Å². The van der Waals surface area contributed by atoms with Gasteiger partial charge >= 0.3 is 6.09 Å². The van der Waals surface area contributed by atoms with Crippen LogP contribution in [0.4, 0.5) is 9.18 Å². The minimum Gasteiger partial charge on any atom is -0.486 e. The van der Waals surface area contributed by atoms with Crippen molar-refractivity contribution in [2.45, 2.75) is 50.7 Å². The Morgan fingerprint density at radius 3 is 2.46 bits per heavy atom. The van der Waals surface area contributed by atoms with Gasteiger partial charge in [0.25, 0.3) is 10.0 Å². The monoisotopic (exact) mass is 560 g/mol. The standard InChI is InChI=1S/C28H33FN2O7S/c1-28(2,3)38-27(34)30(4)17-20-15-26(24-12-5-6-13-25(24)29)31(18-20)39(35,36)23-11-7-10-22(16-23)37-19-21(33)9-8-14-32/h5-7,10-13,15-16,18,32H,8-9,14,17,19H2,1-4H3. The Kier molecular flexibility index (Phi) is 9.52. The van der Waals surface area contributed by atoms with Crippen LogP contribution in [0.15, 0.2) is 65.7 Å². The molecule has 3 rings (SSSR count). The number of aromatic nitrogens is 1. The molecule has 0 aliphatic heterocycles. The molecule has 11 heteroatoms. The summed E-state index contributed by atoms with van der Waals surface area (Å²) in [4.78, 5) is 25.5. The van der Waals surface area contributed by atoms with Crippen LogP contribution in [0.2, 0.25) is 0 Å². The summed E-state index contributed by atoms with van der Waals surface area (Å²) >= 11 is 0. The highest BCUT2D eigenvalue weighted by atomic mass is 32.2. The minimum absolute atomic E-state index is 0.0119. The van der Waals surface area contributed by atoms with E-state index in [0.717, 1.165) is 3.97 Å². The summed E-state index contributed by atoms with van der Waals surface area (Å²) in [5, 5.41) is 8.87. The second kappa shape index (κ2) is 12.4. The van der Waals surface area contributed by atoms with Crippen LogP contribution < -0.4 is 4.74 Å². The van der Waals surface area contributed by atoms with Crippen molar-refractivity contribution in [2.24, 2.45) is 0 Å². The molecule has 1 N–H and O–H groups in total. The maximum Gasteiger partial charge on any atom is 0.410 e. The Morgan fingerprint density at radius 2 is 1.79 bits per heavy atom. The maximum atomic E-state index is 14.8. The third-order valence-corrected chi connectivity index (χ3v) is 7.16. The van der Waals surface area contributed by atoms with E-state index in [0.29, 0.717) is 12.0 Å². The van der Waals surface area contributed by atoms with E-state index in [2.05, 4.69) is 0 Å². The Bertz CT molecular complexity index is 1430. The zero-order valence-corrected chi connectivity index (χ0v) is 23.2. The number of ether oxygens (including phenoxy) is 2. The average molecular weight is 561 g/mol. The van der Waals surface area contributed by atoms with Gasteiger partial charge in [-0.2, -0.15) is 0 Å². The molecule has 0 spiro atoms. The quantitative estimate of drug-likeness (QED) is 0.364. The molecule has 1 aromatic heterocycles. The van der Waals surface area contributed by atoms with Crippen LogP contribution in [-0.2, 0) is 26.1 Å². The van der Waals surface area contributed by atoms with Gasteiger partial charge in [0.05, 0.1) is 17.1 Å². The maximum absolute atomic E-state index is 14.8. The number of carbonyl (C=O) groups excluding carboxylic acids is 2. The van der Waals surface area contributed by atoms with Gasteiger partial charge in [-0.25, -0.2) is 21.6 Å². The molecule has 0 unspecified atom stereocenters. The van der Waals surface area contributed by atoms with E-state index in [9.17, 15) is 22.4 Å². The number of amides is 1. The molecule has 0 fully saturated rings. The van der Waals surface area contributed by atoms with Gasteiger partial charge in [-0.3, -0.25) is 4.79 Å². The smallest absolute Gasteiger partial charge is 0.410 e. The zero-order chi connectivity index (χ0) is 28.8. The van der Waals surface area contributed by atoms with Crippen molar-refractivity contribution in [1.29, 1.82) is 0 Å². The van der Waals surface area contributed by atoms with E-state index in [-0.39, 0.29) is 53.9 Å². The molecule has 0 bridgehead atoms. The normalized spacial score (nSPS) is 11.7. The number of rotatable bonds is 11. The first-order valence-corrected chi connectivity index (χ1v) is 13.8. The highest BCUT2D eigenvalue weighted by molar-refractivity contribution is 7.90. The summed E-state index contributed by atoms with van der Waals surface area (Å²) in [6.45, 7) is 4.84. The van der Waals surface area contributed by atoms with Gasteiger partial charge in [-0.05, 0) is 63.1 Å². The number of halogens is 1. The number of nitrogens with zero attached hydrogens (tertiary/aromatic N) is 2. The molecular weight excluding hydrogens is 527 g/mol. The van der Waals surface area contributed by atoms with Crippen molar-refractivity contribution in [1.82, 2.24) is 8.87 Å². The molecule has 0 aliphatic carbocycles. The van der Waals surface area contributed by atoms with E-state index >= 15 is 0 Å². The van der Waals surface area contributed by atoms with Gasteiger partial charge in [0.1, 0.15) is 23.8 Å². The molecule has 210 valence electrons. The van der Waals surface area contributed by atoms with Gasteiger partial charge in [-0.15, -0.1) is 0 Å². The molecule has 3 aromatic rings. The van der Waals surface area contributed by atoms with Crippen LogP contribution >= 0.6 is 0 Å². The summed E-state index contributed by atoms with van der Waals surface area (Å²) in [7, 11) is -2.74. The molecule has 0 saturated carbocycles. The van der Waals surface area contributed by atoms with Crippen molar-refractivity contribution in [3.05, 3.63) is 72.2 Å². The van der Waals surface area contributed by atoms with Gasteiger partial charge in [0.2, 0.25) is 0 Å². The number of aliphatic hydroxyl groups is 1. The highest BCUT2D eigenvalue weighted by Gasteiger charge is 2.26. The van der Waals surface area contributed by atoms with Gasteiger partial charge in [0.15, 0.2) is 5.78 Å². The summed E-state index contributed by atoms with van der Waals surface area (Å²) < 4.78 is 54.2. The molecule has 1 heterocycles. The van der Waals surface area contributed by atoms with Crippen molar-refractivity contribution in [2.75, 3.05) is 20.3 Å². The number of hydrogen-bond donors (Lipinski definition) is 1. The fourth-order valence-corrected chi connectivity index (χ4v) is 5.10. The van der Waals surface area contributed by atoms with Crippen molar-refractivity contribution in [3.63, 3.8) is 0 Å². The molecular formula is C28H33FN2O7S. The Morgan fingerprint density at radius 1 is 1.08 bits per heavy atom. The second-order valence-electron chi connectivity index (χ2n) is 9.98. The molecule has 9 nitrogen and oxygen atoms in total. The number of carbonyl (C=O) groups is 2. The largest absolute Gasteiger partial charge is 0.486 e. The summed E-state index contributed by atoms with van der Waals surface area (Å²) in [5.74, 6) is -0.682. The van der Waals surface area contributed by atoms with Crippen molar-refractivity contribution >= 4 is 21.9 Å². The van der Waals surface area contributed by atoms with Crippen LogP contribution in [0, 0.1) is 5.82 Å². The van der Waals surface area contributed by atoms with Crippen molar-refractivity contribution < 1.29 is 37.0 Å². The predicted octanol–water partition coefficient (Wildman–Crippen LogP) is 4.62. The van der Waals surface area contributed by atoms with Crippen LogP contribution in [0.3, 0.4) is 0 Å². The fraction of sp³-hybridized carbons (Fsp3) is 0.357. The number of ketones is 1. The molecule has 1 amide bonds. The fourth-order valence-electron chi connectivity index (χ4n) is 3.68. The summed E-state index contributed by atoms with van der Waals surface area (Å²) in [6, 6.07) is 13.0. The predicted molar refractivity (Wildman–Crippen MR) is 143 cm³/mol. The number of Topliss-reactive ketones (excluding diaryl/α,β-unsaturated/α-hetero) is 1. The number of benzene rings is 2. The molecule has 2 aromatic carbocycles. The topological polar surface area (TPSA) is 115 Å². The molecule has 39 heavy (non-hydrogen) atoms. The van der Waals surface area contributed by atoms with Crippen LogP contribution in [0.5, 0.6) is 5.75 Å². The summed E-state index contributed by atoms with van der Waals surface area (Å²) in [5.41, 5.74) is -0.137. The first-order chi connectivity index (χ1) is 18.3. The average Bonchev–Trinajstić information content (AvgIpc) is 3.30. The lowest BCUT2D eigenvalue weighted by atomic mass is 10.1. The number of hydrogen-bond acceptors (Lipinski definition) is 7. The zero-order valence-electron chi connectivity index (χ0n) is 22.4. The second-order valence-corrected chi connectivity index (χ2v) is 11.8. The first-order valence-electron chi connectivity index (χ1n) is 12.3.